The molecule has 0 bridgehead atoms. The third-order valence-electron chi connectivity index (χ3n) is 5.34. The van der Waals surface area contributed by atoms with E-state index in [1.165, 1.54) is 5.56 Å². The lowest BCUT2D eigenvalue weighted by Crippen LogP contribution is -2.48. The molecule has 0 saturated carbocycles. The number of hydrogen-bond acceptors (Lipinski definition) is 3. The minimum absolute atomic E-state index is 0. The fourth-order valence-electron chi connectivity index (χ4n) is 3.65. The Hall–Kier alpha value is -2.95. The van der Waals surface area contributed by atoms with E-state index in [2.05, 4.69) is 29.2 Å². The first-order valence-corrected chi connectivity index (χ1v) is 9.96. The topological polar surface area (TPSA) is 40.6 Å². The molecule has 4 rings (SSSR count). The quantitative estimate of drug-likeness (QED) is 0.578. The van der Waals surface area contributed by atoms with E-state index >= 15 is 0 Å². The van der Waals surface area contributed by atoms with Crippen molar-refractivity contribution in [3.8, 4) is 0 Å². The number of hydrogen-bond donors (Lipinski definition) is 0. The van der Waals surface area contributed by atoms with Crippen molar-refractivity contribution in [3.05, 3.63) is 107 Å². The molecule has 1 aliphatic heterocycles. The third kappa shape index (κ3) is 5.15. The Morgan fingerprint density at radius 1 is 0.633 bits per heavy atom. The Kier molecular flexibility index (Phi) is 7.39. The lowest BCUT2D eigenvalue weighted by atomic mass is 10.0. The van der Waals surface area contributed by atoms with Crippen LogP contribution in [-0.2, 0) is 6.54 Å². The normalized spacial score (nSPS) is 14.1. The fraction of sp³-hybridized carbons (Fsp3) is 0.200. The van der Waals surface area contributed by atoms with Gasteiger partial charge in [0.2, 0.25) is 0 Å². The van der Waals surface area contributed by atoms with E-state index in [4.69, 9.17) is 0 Å². The summed E-state index contributed by atoms with van der Waals surface area (Å²) in [5, 5.41) is 0. The van der Waals surface area contributed by atoms with Crippen molar-refractivity contribution in [2.75, 3.05) is 26.2 Å². The van der Waals surface area contributed by atoms with E-state index in [9.17, 15) is 9.59 Å². The van der Waals surface area contributed by atoms with E-state index in [1.54, 1.807) is 36.4 Å². The second-order valence-electron chi connectivity index (χ2n) is 7.33. The van der Waals surface area contributed by atoms with Crippen LogP contribution in [0.3, 0.4) is 0 Å². The molecule has 1 amide bonds. The summed E-state index contributed by atoms with van der Waals surface area (Å²) < 4.78 is 0. The van der Waals surface area contributed by atoms with E-state index in [0.717, 1.165) is 32.7 Å². The standard InChI is InChI=1S/C25H24N2O2.ClH/c28-24(21-9-5-2-6-10-21)22-11-13-23(14-12-22)25(29)27-17-15-26(16-18-27)19-20-7-3-1-4-8-20;/h1-14H,15-19H2;1H. The molecule has 1 aliphatic rings. The van der Waals surface area contributed by atoms with Crippen molar-refractivity contribution in [2.45, 2.75) is 6.54 Å². The van der Waals surface area contributed by atoms with Crippen molar-refractivity contribution < 1.29 is 9.59 Å². The van der Waals surface area contributed by atoms with Gasteiger partial charge in [0, 0.05) is 49.4 Å². The van der Waals surface area contributed by atoms with Gasteiger partial charge >= 0.3 is 0 Å². The van der Waals surface area contributed by atoms with Crippen LogP contribution in [0.1, 0.15) is 31.8 Å². The number of piperazine rings is 1. The molecule has 0 N–H and O–H groups in total. The fourth-order valence-corrected chi connectivity index (χ4v) is 3.65. The number of halogens is 1. The zero-order valence-corrected chi connectivity index (χ0v) is 17.6. The predicted octanol–water partition coefficient (Wildman–Crippen LogP) is 4.30. The molecule has 1 heterocycles. The Morgan fingerprint density at radius 2 is 1.13 bits per heavy atom. The number of rotatable bonds is 5. The Morgan fingerprint density at radius 3 is 1.73 bits per heavy atom. The summed E-state index contributed by atoms with van der Waals surface area (Å²) in [5.41, 5.74) is 3.18. The third-order valence-corrected chi connectivity index (χ3v) is 5.34. The molecule has 1 fully saturated rings. The summed E-state index contributed by atoms with van der Waals surface area (Å²) in [6.45, 7) is 4.09. The summed E-state index contributed by atoms with van der Waals surface area (Å²) in [6, 6.07) is 26.6. The number of benzene rings is 3. The maximum absolute atomic E-state index is 12.8. The zero-order chi connectivity index (χ0) is 20.1. The highest BCUT2D eigenvalue weighted by Gasteiger charge is 2.22. The summed E-state index contributed by atoms with van der Waals surface area (Å²) >= 11 is 0. The first kappa shape index (κ1) is 21.8. The smallest absolute Gasteiger partial charge is 0.253 e. The molecule has 5 heteroatoms. The van der Waals surface area contributed by atoms with Crippen LogP contribution in [0.4, 0.5) is 0 Å². The zero-order valence-electron chi connectivity index (χ0n) is 16.7. The van der Waals surface area contributed by atoms with E-state index in [1.807, 2.05) is 29.2 Å². The summed E-state index contributed by atoms with van der Waals surface area (Å²) in [7, 11) is 0. The molecule has 3 aromatic carbocycles. The molecular weight excluding hydrogens is 396 g/mol. The molecule has 30 heavy (non-hydrogen) atoms. The minimum atomic E-state index is -0.0286. The number of amides is 1. The highest BCUT2D eigenvalue weighted by Crippen LogP contribution is 2.15. The number of carbonyl (C=O) groups excluding carboxylic acids is 2. The van der Waals surface area contributed by atoms with Crippen molar-refractivity contribution in [2.24, 2.45) is 0 Å². The van der Waals surface area contributed by atoms with E-state index in [0.29, 0.717) is 16.7 Å². The highest BCUT2D eigenvalue weighted by atomic mass is 35.5. The molecule has 0 aromatic heterocycles. The second-order valence-corrected chi connectivity index (χ2v) is 7.33. The van der Waals surface area contributed by atoms with Gasteiger partial charge in [-0.15, -0.1) is 12.4 Å². The van der Waals surface area contributed by atoms with Crippen LogP contribution < -0.4 is 0 Å². The number of ketones is 1. The Labute approximate surface area is 183 Å². The number of carbonyl (C=O) groups is 2. The van der Waals surface area contributed by atoms with Crippen LogP contribution in [0.15, 0.2) is 84.9 Å². The monoisotopic (exact) mass is 420 g/mol. The second kappa shape index (κ2) is 10.2. The lowest BCUT2D eigenvalue weighted by molar-refractivity contribution is 0.0628. The van der Waals surface area contributed by atoms with Crippen LogP contribution in [0.25, 0.3) is 0 Å². The summed E-state index contributed by atoms with van der Waals surface area (Å²) in [4.78, 5) is 29.6. The maximum atomic E-state index is 12.8. The predicted molar refractivity (Wildman–Crippen MR) is 121 cm³/mol. The van der Waals surface area contributed by atoms with Crippen molar-refractivity contribution >= 4 is 24.1 Å². The SMILES string of the molecule is Cl.O=C(c1ccccc1)c1ccc(C(=O)N2CCN(Cc3ccccc3)CC2)cc1. The van der Waals surface area contributed by atoms with Crippen molar-refractivity contribution in [1.82, 2.24) is 9.80 Å². The van der Waals surface area contributed by atoms with Crippen LogP contribution >= 0.6 is 12.4 Å². The average molecular weight is 421 g/mol. The van der Waals surface area contributed by atoms with Gasteiger partial charge in [0.05, 0.1) is 0 Å². The van der Waals surface area contributed by atoms with Gasteiger partial charge in [-0.05, 0) is 17.7 Å². The molecule has 3 aromatic rings. The van der Waals surface area contributed by atoms with E-state index < -0.39 is 0 Å². The molecule has 4 nitrogen and oxygen atoms in total. The molecule has 0 spiro atoms. The number of nitrogens with zero attached hydrogens (tertiary/aromatic N) is 2. The van der Waals surface area contributed by atoms with Gasteiger partial charge in [-0.25, -0.2) is 0 Å². The van der Waals surface area contributed by atoms with Crippen LogP contribution in [0.5, 0.6) is 0 Å². The van der Waals surface area contributed by atoms with E-state index in [-0.39, 0.29) is 24.1 Å². The van der Waals surface area contributed by atoms with Gasteiger partial charge in [0.15, 0.2) is 5.78 Å². The maximum Gasteiger partial charge on any atom is 0.253 e. The highest BCUT2D eigenvalue weighted by molar-refractivity contribution is 6.09. The van der Waals surface area contributed by atoms with Gasteiger partial charge in [-0.1, -0.05) is 72.8 Å². The average Bonchev–Trinajstić information content (AvgIpc) is 2.80. The van der Waals surface area contributed by atoms with Crippen LogP contribution in [-0.4, -0.2) is 47.7 Å². The molecule has 0 atom stereocenters. The molecule has 0 unspecified atom stereocenters. The van der Waals surface area contributed by atoms with Crippen LogP contribution in [0.2, 0.25) is 0 Å². The molecule has 0 radical (unpaired) electrons. The lowest BCUT2D eigenvalue weighted by Gasteiger charge is -2.34. The summed E-state index contributed by atoms with van der Waals surface area (Å²) in [5.74, 6) is 0.00203. The Balaban J connectivity index is 0.00000256. The molecule has 1 saturated heterocycles. The molecule has 0 aliphatic carbocycles. The van der Waals surface area contributed by atoms with Gasteiger partial charge in [0.25, 0.3) is 5.91 Å². The van der Waals surface area contributed by atoms with Crippen molar-refractivity contribution in [1.29, 1.82) is 0 Å². The first-order valence-electron chi connectivity index (χ1n) is 9.96. The summed E-state index contributed by atoms with van der Waals surface area (Å²) in [6.07, 6.45) is 0. The molecular formula is C25H25ClN2O2. The van der Waals surface area contributed by atoms with Gasteiger partial charge in [-0.3, -0.25) is 14.5 Å². The Bertz CT molecular complexity index is 967. The molecule has 154 valence electrons. The van der Waals surface area contributed by atoms with Gasteiger partial charge < -0.3 is 4.90 Å². The largest absolute Gasteiger partial charge is 0.336 e. The van der Waals surface area contributed by atoms with Gasteiger partial charge in [-0.2, -0.15) is 0 Å². The first-order chi connectivity index (χ1) is 14.2. The van der Waals surface area contributed by atoms with Gasteiger partial charge in [0.1, 0.15) is 0 Å². The van der Waals surface area contributed by atoms with Crippen molar-refractivity contribution in [3.63, 3.8) is 0 Å². The minimum Gasteiger partial charge on any atom is -0.336 e. The van der Waals surface area contributed by atoms with Crippen LogP contribution in [0, 0.1) is 0 Å².